The number of likely N-dealkylation sites (N-methyl/N-ethyl adjacent to an activating group) is 1. The van der Waals surface area contributed by atoms with E-state index in [1.807, 2.05) is 13.0 Å². The van der Waals surface area contributed by atoms with Gasteiger partial charge in [-0.15, -0.1) is 0 Å². The van der Waals surface area contributed by atoms with Gasteiger partial charge in [0.2, 0.25) is 11.8 Å². The van der Waals surface area contributed by atoms with Crippen LogP contribution in [0.1, 0.15) is 12.5 Å². The number of nitrogens with one attached hydrogen (secondary N) is 3. The molecule has 0 saturated carbocycles. The molecule has 0 unspecified atom stereocenters. The lowest BCUT2D eigenvalue weighted by Gasteiger charge is -2.10. The number of hydrogen-bond acceptors (Lipinski definition) is 3. The molecule has 0 saturated heterocycles. The Hall–Kier alpha value is -1.88. The second-order valence-electron chi connectivity index (χ2n) is 3.79. The van der Waals surface area contributed by atoms with Gasteiger partial charge in [-0.3, -0.25) is 9.59 Å². The monoisotopic (exact) mass is 235 g/mol. The summed E-state index contributed by atoms with van der Waals surface area (Å²) >= 11 is 0. The Bertz CT molecular complexity index is 430. The van der Waals surface area contributed by atoms with Crippen LogP contribution in [0, 0.1) is 6.92 Å². The minimum Gasteiger partial charge on any atom is -0.326 e. The Kier molecular flexibility index (Phi) is 4.66. The van der Waals surface area contributed by atoms with E-state index in [9.17, 15) is 9.59 Å². The highest BCUT2D eigenvalue weighted by atomic mass is 16.2. The summed E-state index contributed by atoms with van der Waals surface area (Å²) in [6, 6.07) is 5.38. The maximum Gasteiger partial charge on any atom is 0.238 e. The summed E-state index contributed by atoms with van der Waals surface area (Å²) in [6.07, 6.45) is 0. The van der Waals surface area contributed by atoms with Crippen LogP contribution in [-0.4, -0.2) is 25.4 Å². The molecule has 1 aromatic carbocycles. The predicted molar refractivity (Wildman–Crippen MR) is 68.0 cm³/mol. The Morgan fingerprint density at radius 2 is 1.94 bits per heavy atom. The van der Waals surface area contributed by atoms with Gasteiger partial charge in [0.25, 0.3) is 0 Å². The molecule has 0 radical (unpaired) electrons. The number of carbonyl (C=O) groups is 2. The molecular weight excluding hydrogens is 218 g/mol. The Labute approximate surface area is 101 Å². The molecule has 0 bridgehead atoms. The third kappa shape index (κ3) is 4.24. The first kappa shape index (κ1) is 13.2. The third-order valence-corrected chi connectivity index (χ3v) is 2.17. The van der Waals surface area contributed by atoms with E-state index in [0.717, 1.165) is 5.56 Å². The quantitative estimate of drug-likeness (QED) is 0.732. The zero-order valence-electron chi connectivity index (χ0n) is 10.3. The fourth-order valence-electron chi connectivity index (χ4n) is 1.39. The summed E-state index contributed by atoms with van der Waals surface area (Å²) in [6.45, 7) is 3.59. The van der Waals surface area contributed by atoms with Crippen LogP contribution in [0.15, 0.2) is 18.2 Å². The summed E-state index contributed by atoms with van der Waals surface area (Å²) in [4.78, 5) is 22.4. The molecule has 0 fully saturated rings. The van der Waals surface area contributed by atoms with E-state index in [0.29, 0.717) is 11.4 Å². The van der Waals surface area contributed by atoms with Crippen molar-refractivity contribution in [2.45, 2.75) is 13.8 Å². The van der Waals surface area contributed by atoms with Gasteiger partial charge >= 0.3 is 0 Å². The van der Waals surface area contributed by atoms with Gasteiger partial charge in [0, 0.05) is 18.3 Å². The van der Waals surface area contributed by atoms with Crippen LogP contribution in [-0.2, 0) is 9.59 Å². The molecule has 0 aliphatic heterocycles. The van der Waals surface area contributed by atoms with E-state index in [1.54, 1.807) is 19.2 Å². The number of rotatable bonds is 4. The molecule has 1 aromatic rings. The molecule has 5 nitrogen and oxygen atoms in total. The lowest BCUT2D eigenvalue weighted by molar-refractivity contribution is -0.115. The molecule has 0 aromatic heterocycles. The highest BCUT2D eigenvalue weighted by Crippen LogP contribution is 2.20. The van der Waals surface area contributed by atoms with Gasteiger partial charge in [0.05, 0.1) is 6.54 Å². The average molecular weight is 235 g/mol. The fourth-order valence-corrected chi connectivity index (χ4v) is 1.39. The number of carbonyl (C=O) groups excluding carboxylic acids is 2. The second-order valence-corrected chi connectivity index (χ2v) is 3.79. The zero-order chi connectivity index (χ0) is 12.8. The summed E-state index contributed by atoms with van der Waals surface area (Å²) < 4.78 is 0. The van der Waals surface area contributed by atoms with Crippen molar-refractivity contribution in [2.75, 3.05) is 24.2 Å². The minimum absolute atomic E-state index is 0.115. The lowest BCUT2D eigenvalue weighted by atomic mass is 10.1. The van der Waals surface area contributed by atoms with E-state index in [1.165, 1.54) is 6.92 Å². The Balaban J connectivity index is 2.83. The number of anilines is 2. The number of amides is 2. The standard InChI is InChI=1S/C12H17N3O2/c1-8-4-5-10(14-9(2)16)6-11(8)15-12(17)7-13-3/h4-6,13H,7H2,1-3H3,(H,14,16)(H,15,17). The molecule has 2 amide bonds. The topological polar surface area (TPSA) is 70.2 Å². The number of aryl methyl sites for hydroxylation is 1. The van der Waals surface area contributed by atoms with Crippen LogP contribution in [0.5, 0.6) is 0 Å². The first-order valence-corrected chi connectivity index (χ1v) is 5.35. The number of hydrogen-bond donors (Lipinski definition) is 3. The smallest absolute Gasteiger partial charge is 0.238 e. The number of benzene rings is 1. The summed E-state index contributed by atoms with van der Waals surface area (Å²) in [7, 11) is 1.71. The fraction of sp³-hybridized carbons (Fsp3) is 0.333. The summed E-state index contributed by atoms with van der Waals surface area (Å²) in [5.41, 5.74) is 2.32. The maximum atomic E-state index is 11.4. The summed E-state index contributed by atoms with van der Waals surface area (Å²) in [5.74, 6) is -0.253. The molecule has 17 heavy (non-hydrogen) atoms. The minimum atomic E-state index is -0.138. The van der Waals surface area contributed by atoms with Crippen molar-refractivity contribution in [2.24, 2.45) is 0 Å². The molecule has 1 rings (SSSR count). The zero-order valence-corrected chi connectivity index (χ0v) is 10.3. The van der Waals surface area contributed by atoms with E-state index in [2.05, 4.69) is 16.0 Å². The SMILES string of the molecule is CNCC(=O)Nc1cc(NC(C)=O)ccc1C. The molecule has 3 N–H and O–H groups in total. The van der Waals surface area contributed by atoms with Crippen molar-refractivity contribution in [1.29, 1.82) is 0 Å². The van der Waals surface area contributed by atoms with E-state index >= 15 is 0 Å². The molecule has 0 aliphatic rings. The van der Waals surface area contributed by atoms with Crippen molar-refractivity contribution < 1.29 is 9.59 Å². The molecular formula is C12H17N3O2. The van der Waals surface area contributed by atoms with Crippen LogP contribution in [0.2, 0.25) is 0 Å². The van der Waals surface area contributed by atoms with Crippen molar-refractivity contribution in [3.8, 4) is 0 Å². The van der Waals surface area contributed by atoms with Crippen LogP contribution >= 0.6 is 0 Å². The van der Waals surface area contributed by atoms with Crippen LogP contribution in [0.3, 0.4) is 0 Å². The predicted octanol–water partition coefficient (Wildman–Crippen LogP) is 1.11. The lowest BCUT2D eigenvalue weighted by Crippen LogP contribution is -2.25. The van der Waals surface area contributed by atoms with Crippen LogP contribution < -0.4 is 16.0 Å². The first-order valence-electron chi connectivity index (χ1n) is 5.35. The molecule has 5 heteroatoms. The van der Waals surface area contributed by atoms with Gasteiger partial charge in [-0.25, -0.2) is 0 Å². The van der Waals surface area contributed by atoms with E-state index in [4.69, 9.17) is 0 Å². The Morgan fingerprint density at radius 3 is 2.53 bits per heavy atom. The van der Waals surface area contributed by atoms with Crippen molar-refractivity contribution in [3.63, 3.8) is 0 Å². The van der Waals surface area contributed by atoms with Crippen molar-refractivity contribution >= 4 is 23.2 Å². The summed E-state index contributed by atoms with van der Waals surface area (Å²) in [5, 5.41) is 8.22. The van der Waals surface area contributed by atoms with Crippen molar-refractivity contribution in [1.82, 2.24) is 5.32 Å². The highest BCUT2D eigenvalue weighted by Gasteiger charge is 2.05. The normalized spacial score (nSPS) is 9.82. The Morgan fingerprint density at radius 1 is 1.24 bits per heavy atom. The van der Waals surface area contributed by atoms with Gasteiger partial charge in [-0.2, -0.15) is 0 Å². The largest absolute Gasteiger partial charge is 0.326 e. The average Bonchev–Trinajstić information content (AvgIpc) is 2.22. The van der Waals surface area contributed by atoms with E-state index < -0.39 is 0 Å². The third-order valence-electron chi connectivity index (χ3n) is 2.17. The van der Waals surface area contributed by atoms with Gasteiger partial charge in [0.15, 0.2) is 0 Å². The van der Waals surface area contributed by atoms with Gasteiger partial charge in [0.1, 0.15) is 0 Å². The molecule has 0 heterocycles. The molecule has 0 atom stereocenters. The van der Waals surface area contributed by atoms with Crippen LogP contribution in [0.4, 0.5) is 11.4 Å². The second kappa shape index (κ2) is 6.00. The first-order chi connectivity index (χ1) is 8.02. The van der Waals surface area contributed by atoms with Crippen LogP contribution in [0.25, 0.3) is 0 Å². The molecule has 0 aliphatic carbocycles. The molecule has 92 valence electrons. The van der Waals surface area contributed by atoms with Gasteiger partial charge < -0.3 is 16.0 Å². The highest BCUT2D eigenvalue weighted by molar-refractivity contribution is 5.95. The van der Waals surface area contributed by atoms with Crippen molar-refractivity contribution in [3.05, 3.63) is 23.8 Å². The maximum absolute atomic E-state index is 11.4. The van der Waals surface area contributed by atoms with E-state index in [-0.39, 0.29) is 18.4 Å². The van der Waals surface area contributed by atoms with Gasteiger partial charge in [-0.05, 0) is 31.7 Å². The van der Waals surface area contributed by atoms with Gasteiger partial charge in [-0.1, -0.05) is 6.07 Å². The molecule has 0 spiro atoms.